The normalized spacial score (nSPS) is 14.2. The van der Waals surface area contributed by atoms with Gasteiger partial charge in [-0.2, -0.15) is 0 Å². The van der Waals surface area contributed by atoms with Gasteiger partial charge in [0.15, 0.2) is 0 Å². The van der Waals surface area contributed by atoms with Gasteiger partial charge in [-0.1, -0.05) is 100 Å². The number of benzene rings is 4. The number of carbonyl (C=O) groups excluding carboxylic acids is 6. The average molecular weight is 1910 g/mol. The topological polar surface area (TPSA) is 1010 Å². The van der Waals surface area contributed by atoms with Gasteiger partial charge < -0.3 is 171 Å². The number of aromatic nitrogens is 3. The summed E-state index contributed by atoms with van der Waals surface area (Å²) < 4.78 is 20.5. The summed E-state index contributed by atoms with van der Waals surface area (Å²) in [6.45, 7) is 9.54. The SMILES string of the molecule is CC(C)[C@H](N)C(=O)O.CC[C@H](C)[C@H](N)C(=O)O.C[C@@H](OC(=O)[C@@H]1CCCN1)[C@H](N)C(=O)Oc1ccc(C[C@H](N)C(=O)O)cc1.NC(=O)CC[C@H](N)C(=O)O.NC(=O)C[C@H](N)C(=O)O.NCC(=O)Oc1ccc(C[C@H](N)C(=O)O)cc1.NCCCC[C@H](N)C(=O)O.N[C@@H](Cc1c[nH]c2ccccc12)C(=O)O.N[C@@H](Cc1ccc(OC(=O)[C@@H](N)Cc2cnc[nH]2)cc1)C(=O)O.[N-]=[N+]=NCC(=O)O. The smallest absolute Gasteiger partial charge is 0.332 e. The number of nitrogens with zero attached hydrogens (tertiary/aromatic N) is 4. The average Bonchev–Trinajstić information content (AvgIpc) is 1.69. The molecule has 1 fully saturated rings. The van der Waals surface area contributed by atoms with E-state index in [4.69, 9.17) is 156 Å². The van der Waals surface area contributed by atoms with Crippen LogP contribution in [-0.4, -0.2) is 266 Å². The number of aromatic amines is 2. The van der Waals surface area contributed by atoms with Gasteiger partial charge in [0.05, 0.1) is 19.3 Å². The third-order valence-electron chi connectivity index (χ3n) is 17.9. The van der Waals surface area contributed by atoms with Gasteiger partial charge in [0.2, 0.25) is 11.8 Å². The highest BCUT2D eigenvalue weighted by Gasteiger charge is 2.31. The highest BCUT2D eigenvalue weighted by molar-refractivity contribution is 5.86. The molecule has 2 amide bonds. The molecule has 52 heteroatoms. The van der Waals surface area contributed by atoms with E-state index in [0.717, 1.165) is 65.5 Å². The number of amides is 2. The summed E-state index contributed by atoms with van der Waals surface area (Å²) in [5.74, 6) is -12.8. The highest BCUT2D eigenvalue weighted by Crippen LogP contribution is 2.21. The molecular formula is C83H128N22O30. The Bertz CT molecular complexity index is 4670. The van der Waals surface area contributed by atoms with Crippen molar-refractivity contribution >= 4 is 106 Å². The standard InChI is InChI=1S/C18H25N3O6.C15H18N4O4.C11H14N2O4.C11H12N2O2.C6H14N2O2.C6H13NO2.C5H10N2O3.C5H11NO2.C4H8N2O3.C2H3N3O2/c1-10(26-17(24)14-3-2-8-21-14)15(20)18(25)27-12-6-4-11(5-7-12)9-13(19)16(22)23;16-12(14(20)21)5-9-1-3-11(4-2-9)23-15(22)13(17)6-10-7-18-8-19-10;12-6-10(14)17-8-3-1-7(2-4-8)5-9(13)11(15)16;12-9(11(14)15)5-7-6-13-10-4-2-1-3-8(7)10;7-4-2-1-3-5(8)6(9)10;1-3-4(2)5(7)6(8)9;6-3(5(9)10)1-2-4(7)8;1-3(2)4(6)5(7)8;5-2(4(8)9)1-3(6)7;3-5-4-1-2(6)7/h4-7,10,13-15,21H,2-3,8-9,19-20H2,1H3,(H,22,23);1-4,7-8,12-13H,5-6,16-17H2,(H,18,19)(H,20,21);1-4,9H,5-6,12-13H2,(H,15,16);1-4,6,9,13H,5,12H2,(H,14,15);5H,1-4,7-8H2,(H,9,10);4-5H,3,7H2,1-2H3,(H,8,9);3H,1-2,6H2,(H2,7,8)(H,9,10);3-4H,6H2,1-2H3,(H,7,8);2H,1,5H2,(H2,6,7)(H,8,9);1H2,(H,6,7)/t10-,13+,14+,15+;12-,13-;2*9-;5-;4-,5-;3-;4-;2-;/m100000000./s1. The summed E-state index contributed by atoms with van der Waals surface area (Å²) in [6, 6.07) is 16.6. The van der Waals surface area contributed by atoms with Crippen molar-refractivity contribution in [2.45, 2.75) is 203 Å². The number of para-hydroxylation sites is 1. The molecule has 1 aliphatic heterocycles. The van der Waals surface area contributed by atoms with E-state index in [1.807, 2.05) is 44.3 Å². The number of esters is 4. The minimum absolute atomic E-state index is 0.0208. The van der Waals surface area contributed by atoms with Gasteiger partial charge in [0.1, 0.15) is 102 Å². The van der Waals surface area contributed by atoms with E-state index in [-0.39, 0.29) is 68.7 Å². The molecule has 0 spiro atoms. The fourth-order valence-electron chi connectivity index (χ4n) is 9.64. The molecular weight excluding hydrogens is 1790 g/mol. The lowest BCUT2D eigenvalue weighted by molar-refractivity contribution is -0.155. The largest absolute Gasteiger partial charge is 0.481 e. The van der Waals surface area contributed by atoms with Crippen molar-refractivity contribution in [1.82, 2.24) is 20.3 Å². The molecule has 7 rings (SSSR count). The summed E-state index contributed by atoms with van der Waals surface area (Å²) >= 11 is 0. The number of nitrogens with one attached hydrogen (secondary N) is 3. The number of nitrogens with two attached hydrogens (primary N) is 15. The number of azide groups is 1. The third kappa shape index (κ3) is 59.1. The van der Waals surface area contributed by atoms with Gasteiger partial charge in [-0.05, 0) is 153 Å². The molecule has 43 N–H and O–H groups in total. The number of ether oxygens (including phenoxy) is 4. The number of carboxylic acids is 10. The van der Waals surface area contributed by atoms with Crippen LogP contribution < -0.4 is 106 Å². The van der Waals surface area contributed by atoms with Crippen molar-refractivity contribution in [1.29, 1.82) is 0 Å². The maximum absolute atomic E-state index is 12.2. The molecule has 0 saturated carbocycles. The lowest BCUT2D eigenvalue weighted by Gasteiger charge is -2.21. The molecule has 1 aliphatic rings. The Balaban J connectivity index is -0.00000148. The number of H-pyrrole nitrogens is 2. The summed E-state index contributed by atoms with van der Waals surface area (Å²) in [7, 11) is 0. The van der Waals surface area contributed by atoms with E-state index in [9.17, 15) is 76.7 Å². The summed E-state index contributed by atoms with van der Waals surface area (Å²) in [5.41, 5.74) is 91.1. The molecule has 0 unspecified atom stereocenters. The molecule has 4 aromatic carbocycles. The van der Waals surface area contributed by atoms with E-state index in [2.05, 4.69) is 36.0 Å². The van der Waals surface area contributed by atoms with Crippen LogP contribution in [0.2, 0.25) is 0 Å². The predicted octanol–water partition coefficient (Wildman–Crippen LogP) is -2.63. The van der Waals surface area contributed by atoms with Gasteiger partial charge in [0, 0.05) is 53.2 Å². The molecule has 0 radical (unpaired) electrons. The Hall–Kier alpha value is -14.1. The first-order valence-corrected chi connectivity index (χ1v) is 41.0. The predicted molar refractivity (Wildman–Crippen MR) is 485 cm³/mol. The number of hydrogen-bond donors (Lipinski definition) is 28. The number of imidazole rings is 1. The van der Waals surface area contributed by atoms with Crippen LogP contribution in [0, 0.1) is 11.8 Å². The zero-order valence-electron chi connectivity index (χ0n) is 74.9. The molecule has 52 nitrogen and oxygen atoms in total. The molecule has 6 aromatic rings. The van der Waals surface area contributed by atoms with Crippen molar-refractivity contribution in [2.75, 3.05) is 26.2 Å². The quantitative estimate of drug-likeness (QED) is 0.00465. The molecule has 135 heavy (non-hydrogen) atoms. The van der Waals surface area contributed by atoms with Crippen LogP contribution in [0.5, 0.6) is 17.2 Å². The van der Waals surface area contributed by atoms with E-state index in [1.54, 1.807) is 80.7 Å². The Kier molecular flexibility index (Phi) is 64.6. The molecule has 0 aliphatic carbocycles. The monoisotopic (exact) mass is 1910 g/mol. The second kappa shape index (κ2) is 69.7. The van der Waals surface area contributed by atoms with Gasteiger partial charge in [-0.15, -0.1) is 0 Å². The molecule has 14 atom stereocenters. The van der Waals surface area contributed by atoms with Gasteiger partial charge in [-0.3, -0.25) is 67.1 Å². The third-order valence-corrected chi connectivity index (χ3v) is 17.9. The number of primary amides is 2. The maximum atomic E-state index is 12.2. The van der Waals surface area contributed by atoms with Crippen LogP contribution in [0.1, 0.15) is 120 Å². The minimum atomic E-state index is -1.21. The number of fused-ring (bicyclic) bond motifs is 1. The number of unbranched alkanes of at least 4 members (excludes halogenated alkanes) is 1. The van der Waals surface area contributed by atoms with Crippen molar-refractivity contribution in [3.63, 3.8) is 0 Å². The Morgan fingerprint density at radius 2 is 0.933 bits per heavy atom. The summed E-state index contributed by atoms with van der Waals surface area (Å²) in [5, 5.41) is 90.8. The van der Waals surface area contributed by atoms with Crippen molar-refractivity contribution in [3.05, 3.63) is 154 Å². The first-order valence-electron chi connectivity index (χ1n) is 41.0. The Morgan fingerprint density at radius 3 is 1.27 bits per heavy atom. The number of carbonyl (C=O) groups is 16. The number of hydrogen-bond acceptors (Lipinski definition) is 36. The van der Waals surface area contributed by atoms with Crippen LogP contribution in [0.3, 0.4) is 0 Å². The molecule has 2 aromatic heterocycles. The van der Waals surface area contributed by atoms with Crippen LogP contribution in [0.25, 0.3) is 21.3 Å². The molecule has 3 heterocycles. The molecule has 0 bridgehead atoms. The van der Waals surface area contributed by atoms with Crippen LogP contribution in [0.4, 0.5) is 0 Å². The maximum Gasteiger partial charge on any atom is 0.332 e. The number of aliphatic carboxylic acids is 10. The summed E-state index contributed by atoms with van der Waals surface area (Å²) in [4.78, 5) is 181. The van der Waals surface area contributed by atoms with Crippen molar-refractivity contribution in [3.8, 4) is 17.2 Å². The zero-order chi connectivity index (χ0) is 104. The minimum Gasteiger partial charge on any atom is -0.481 e. The zero-order valence-corrected chi connectivity index (χ0v) is 74.9. The van der Waals surface area contributed by atoms with Crippen LogP contribution in [0.15, 0.2) is 121 Å². The number of carboxylic acid groups (broad SMARTS) is 10. The highest BCUT2D eigenvalue weighted by atomic mass is 16.6. The van der Waals surface area contributed by atoms with Crippen molar-refractivity contribution in [2.24, 2.45) is 103 Å². The van der Waals surface area contributed by atoms with Gasteiger partial charge >= 0.3 is 83.6 Å². The second-order valence-electron chi connectivity index (χ2n) is 29.5. The lowest BCUT2D eigenvalue weighted by atomic mass is 10.0. The Labute approximate surface area is 773 Å². The fraction of sp³-hybridized carbons (Fsp3) is 0.458. The van der Waals surface area contributed by atoms with Gasteiger partial charge in [-0.25, -0.2) is 14.6 Å². The lowest BCUT2D eigenvalue weighted by Crippen LogP contribution is -2.47. The van der Waals surface area contributed by atoms with E-state index >= 15 is 0 Å². The Morgan fingerprint density at radius 1 is 0.496 bits per heavy atom. The first-order chi connectivity index (χ1) is 63.1. The van der Waals surface area contributed by atoms with Crippen LogP contribution >= 0.6 is 0 Å². The van der Waals surface area contributed by atoms with Gasteiger partial charge in [0.25, 0.3) is 0 Å². The van der Waals surface area contributed by atoms with Crippen LogP contribution in [-0.2, 0) is 114 Å². The van der Waals surface area contributed by atoms with Crippen molar-refractivity contribution < 1.29 is 147 Å². The van der Waals surface area contributed by atoms with E-state index in [0.29, 0.717) is 49.3 Å². The fourth-order valence-corrected chi connectivity index (χ4v) is 9.64. The van der Waals surface area contributed by atoms with E-state index in [1.165, 1.54) is 25.4 Å². The van der Waals surface area contributed by atoms with E-state index < -0.39 is 174 Å². The number of rotatable bonds is 42. The second-order valence-corrected chi connectivity index (χ2v) is 29.5. The first kappa shape index (κ1) is 125. The summed E-state index contributed by atoms with van der Waals surface area (Å²) in [6.07, 6.45) is 9.69. The molecule has 750 valence electrons. The molecule has 1 saturated heterocycles.